The van der Waals surface area contributed by atoms with Crippen molar-refractivity contribution in [2.75, 3.05) is 11.2 Å². The minimum absolute atomic E-state index is 0.0548. The van der Waals surface area contributed by atoms with Crippen LogP contribution in [0.15, 0.2) is 42.5 Å². The van der Waals surface area contributed by atoms with Gasteiger partial charge in [0.15, 0.2) is 0 Å². The molecular formula is C16H16ClNO2. The van der Waals surface area contributed by atoms with Gasteiger partial charge in [-0.2, -0.15) is 0 Å². The van der Waals surface area contributed by atoms with E-state index in [1.54, 1.807) is 12.1 Å². The molecule has 0 aromatic heterocycles. The Morgan fingerprint density at radius 1 is 1.15 bits per heavy atom. The van der Waals surface area contributed by atoms with E-state index in [-0.39, 0.29) is 11.8 Å². The molecule has 0 radical (unpaired) electrons. The Morgan fingerprint density at radius 2 is 1.85 bits per heavy atom. The summed E-state index contributed by atoms with van der Waals surface area (Å²) in [7, 11) is 0. The number of anilines is 1. The topological polar surface area (TPSA) is 38.3 Å². The first-order valence-electron chi connectivity index (χ1n) is 6.29. The number of halogens is 1. The molecule has 0 saturated heterocycles. The molecule has 0 bridgehead atoms. The summed E-state index contributed by atoms with van der Waals surface area (Å²) in [4.78, 5) is 11.2. The number of carbonyl (C=O) groups excluding carboxylic acids is 1. The van der Waals surface area contributed by atoms with E-state index in [4.69, 9.17) is 16.3 Å². The van der Waals surface area contributed by atoms with Crippen molar-refractivity contribution in [1.29, 1.82) is 0 Å². The van der Waals surface area contributed by atoms with Crippen molar-refractivity contribution in [1.82, 2.24) is 0 Å². The van der Waals surface area contributed by atoms with Crippen LogP contribution in [-0.2, 0) is 4.79 Å². The van der Waals surface area contributed by atoms with Gasteiger partial charge < -0.3 is 10.1 Å². The highest BCUT2D eigenvalue weighted by molar-refractivity contribution is 6.29. The van der Waals surface area contributed by atoms with Crippen LogP contribution in [0.5, 0.6) is 11.5 Å². The Bertz CT molecular complexity index is 608. The van der Waals surface area contributed by atoms with Crippen molar-refractivity contribution in [3.05, 3.63) is 53.6 Å². The average Bonchev–Trinajstić information content (AvgIpc) is 2.45. The molecule has 0 unspecified atom stereocenters. The summed E-state index contributed by atoms with van der Waals surface area (Å²) < 4.78 is 5.84. The van der Waals surface area contributed by atoms with Crippen LogP contribution in [0.1, 0.15) is 11.1 Å². The van der Waals surface area contributed by atoms with E-state index >= 15 is 0 Å². The van der Waals surface area contributed by atoms with Gasteiger partial charge in [0.25, 0.3) is 0 Å². The Labute approximate surface area is 123 Å². The van der Waals surface area contributed by atoms with Crippen LogP contribution in [0.3, 0.4) is 0 Å². The minimum atomic E-state index is -0.227. The molecule has 0 heterocycles. The molecule has 0 saturated carbocycles. The lowest BCUT2D eigenvalue weighted by Gasteiger charge is -2.10. The summed E-state index contributed by atoms with van der Waals surface area (Å²) in [6.07, 6.45) is 0. The summed E-state index contributed by atoms with van der Waals surface area (Å²) in [5, 5.41) is 2.68. The molecule has 104 valence electrons. The predicted octanol–water partition coefficient (Wildman–Crippen LogP) is 4.27. The number of ether oxygens (including phenoxy) is 1. The van der Waals surface area contributed by atoms with Crippen molar-refractivity contribution in [3.8, 4) is 11.5 Å². The molecule has 0 aliphatic carbocycles. The van der Waals surface area contributed by atoms with E-state index in [2.05, 4.69) is 5.32 Å². The monoisotopic (exact) mass is 289 g/mol. The zero-order valence-electron chi connectivity index (χ0n) is 11.4. The zero-order chi connectivity index (χ0) is 14.5. The maximum Gasteiger partial charge on any atom is 0.239 e. The lowest BCUT2D eigenvalue weighted by Crippen LogP contribution is -2.12. The van der Waals surface area contributed by atoms with Gasteiger partial charge in [-0.15, -0.1) is 11.6 Å². The van der Waals surface area contributed by atoms with E-state index in [1.807, 2.05) is 44.2 Å². The van der Waals surface area contributed by atoms with E-state index in [0.29, 0.717) is 5.69 Å². The molecule has 1 amide bonds. The molecule has 3 nitrogen and oxygen atoms in total. The maximum atomic E-state index is 11.2. The lowest BCUT2D eigenvalue weighted by atomic mass is 10.1. The summed E-state index contributed by atoms with van der Waals surface area (Å²) in [5.41, 5.74) is 2.93. The van der Waals surface area contributed by atoms with Gasteiger partial charge in [-0.3, -0.25) is 4.79 Å². The number of benzene rings is 2. The highest BCUT2D eigenvalue weighted by Crippen LogP contribution is 2.26. The molecule has 0 fully saturated rings. The van der Waals surface area contributed by atoms with Crippen LogP contribution in [0.2, 0.25) is 0 Å². The number of hydrogen-bond donors (Lipinski definition) is 1. The highest BCUT2D eigenvalue weighted by atomic mass is 35.5. The number of carbonyl (C=O) groups is 1. The number of aryl methyl sites for hydroxylation is 2. The molecule has 0 atom stereocenters. The summed E-state index contributed by atoms with van der Waals surface area (Å²) in [5.74, 6) is 1.28. The largest absolute Gasteiger partial charge is 0.457 e. The number of rotatable bonds is 4. The Hall–Kier alpha value is -2.00. The number of alkyl halides is 1. The summed E-state index contributed by atoms with van der Waals surface area (Å²) in [6, 6.07) is 13.3. The first kappa shape index (κ1) is 14.4. The third kappa shape index (κ3) is 3.75. The third-order valence-corrected chi connectivity index (χ3v) is 3.07. The fraction of sp³-hybridized carbons (Fsp3) is 0.188. The molecule has 2 rings (SSSR count). The first-order chi connectivity index (χ1) is 9.58. The molecule has 2 aromatic carbocycles. The third-order valence-electron chi connectivity index (χ3n) is 2.83. The van der Waals surface area contributed by atoms with Crippen molar-refractivity contribution in [2.24, 2.45) is 0 Å². The first-order valence-corrected chi connectivity index (χ1v) is 6.83. The second-order valence-electron chi connectivity index (χ2n) is 4.58. The number of nitrogens with one attached hydrogen (secondary N) is 1. The molecule has 1 N–H and O–H groups in total. The van der Waals surface area contributed by atoms with Crippen LogP contribution in [0, 0.1) is 13.8 Å². The van der Waals surface area contributed by atoms with E-state index in [9.17, 15) is 4.79 Å². The summed E-state index contributed by atoms with van der Waals surface area (Å²) >= 11 is 5.44. The van der Waals surface area contributed by atoms with Gasteiger partial charge in [0.1, 0.15) is 17.4 Å². The smallest absolute Gasteiger partial charge is 0.239 e. The van der Waals surface area contributed by atoms with Crippen LogP contribution < -0.4 is 10.1 Å². The Balaban J connectivity index is 2.10. The van der Waals surface area contributed by atoms with Crippen LogP contribution >= 0.6 is 11.6 Å². The standard InChI is InChI=1S/C16H16ClNO2/c1-11-3-4-12(2)15(9-11)20-14-7-5-13(6-8-14)18-16(19)10-17/h3-9H,10H2,1-2H3,(H,18,19). The fourth-order valence-electron chi connectivity index (χ4n) is 1.74. The number of amides is 1. The van der Waals surface area contributed by atoms with Gasteiger partial charge >= 0.3 is 0 Å². The highest BCUT2D eigenvalue weighted by Gasteiger charge is 2.03. The number of hydrogen-bond acceptors (Lipinski definition) is 2. The van der Waals surface area contributed by atoms with Gasteiger partial charge in [-0.1, -0.05) is 12.1 Å². The summed E-state index contributed by atoms with van der Waals surface area (Å²) in [6.45, 7) is 4.03. The van der Waals surface area contributed by atoms with Gasteiger partial charge in [-0.25, -0.2) is 0 Å². The SMILES string of the molecule is Cc1ccc(C)c(Oc2ccc(NC(=O)CCl)cc2)c1. The Morgan fingerprint density at radius 3 is 2.50 bits per heavy atom. The normalized spacial score (nSPS) is 10.2. The second-order valence-corrected chi connectivity index (χ2v) is 4.84. The second kappa shape index (κ2) is 6.44. The quantitative estimate of drug-likeness (QED) is 0.854. The van der Waals surface area contributed by atoms with E-state index < -0.39 is 0 Å². The fourth-order valence-corrected chi connectivity index (χ4v) is 1.81. The average molecular weight is 290 g/mol. The van der Waals surface area contributed by atoms with Gasteiger partial charge in [0.2, 0.25) is 5.91 Å². The van der Waals surface area contributed by atoms with E-state index in [1.165, 1.54) is 0 Å². The molecule has 0 aliphatic rings. The van der Waals surface area contributed by atoms with E-state index in [0.717, 1.165) is 22.6 Å². The van der Waals surface area contributed by atoms with Gasteiger partial charge in [-0.05, 0) is 55.3 Å². The maximum absolute atomic E-state index is 11.2. The Kier molecular flexibility index (Phi) is 4.64. The molecule has 4 heteroatoms. The predicted molar refractivity (Wildman–Crippen MR) is 81.8 cm³/mol. The van der Waals surface area contributed by atoms with Crippen LogP contribution in [0.25, 0.3) is 0 Å². The van der Waals surface area contributed by atoms with Crippen LogP contribution in [-0.4, -0.2) is 11.8 Å². The zero-order valence-corrected chi connectivity index (χ0v) is 12.2. The molecule has 0 spiro atoms. The van der Waals surface area contributed by atoms with Crippen molar-refractivity contribution < 1.29 is 9.53 Å². The van der Waals surface area contributed by atoms with Crippen molar-refractivity contribution >= 4 is 23.2 Å². The lowest BCUT2D eigenvalue weighted by molar-refractivity contribution is -0.113. The molecule has 2 aromatic rings. The van der Waals surface area contributed by atoms with Gasteiger partial charge in [0, 0.05) is 5.69 Å². The van der Waals surface area contributed by atoms with Crippen molar-refractivity contribution in [3.63, 3.8) is 0 Å². The molecule has 20 heavy (non-hydrogen) atoms. The molecular weight excluding hydrogens is 274 g/mol. The van der Waals surface area contributed by atoms with Crippen molar-refractivity contribution in [2.45, 2.75) is 13.8 Å². The molecule has 0 aliphatic heterocycles. The van der Waals surface area contributed by atoms with Crippen LogP contribution in [0.4, 0.5) is 5.69 Å². The minimum Gasteiger partial charge on any atom is -0.457 e. The van der Waals surface area contributed by atoms with Gasteiger partial charge in [0.05, 0.1) is 0 Å².